The van der Waals surface area contributed by atoms with Gasteiger partial charge in [0.05, 0.1) is 14.9 Å². The molecular formula is C10H11ClN2S2. The summed E-state index contributed by atoms with van der Waals surface area (Å²) in [6.45, 7) is 0.720. The standard InChI is InChI=1S/C10H11ClN2S2/c11-9-4-3-8(15-9)10-13-7(6-14-10)2-1-5-12/h3-4,6H,1-2,5,12H2. The van der Waals surface area contributed by atoms with Crippen LogP contribution >= 0.6 is 34.3 Å². The van der Waals surface area contributed by atoms with Crippen molar-refractivity contribution in [2.75, 3.05) is 6.54 Å². The van der Waals surface area contributed by atoms with Crippen LogP contribution in [0.25, 0.3) is 9.88 Å². The van der Waals surface area contributed by atoms with Gasteiger partial charge in [0.15, 0.2) is 0 Å². The van der Waals surface area contributed by atoms with Crippen molar-refractivity contribution in [1.82, 2.24) is 4.98 Å². The van der Waals surface area contributed by atoms with Crippen molar-refractivity contribution in [3.63, 3.8) is 0 Å². The zero-order chi connectivity index (χ0) is 10.7. The van der Waals surface area contributed by atoms with Gasteiger partial charge in [-0.15, -0.1) is 22.7 Å². The molecule has 15 heavy (non-hydrogen) atoms. The first-order valence-electron chi connectivity index (χ1n) is 4.70. The Morgan fingerprint density at radius 2 is 2.27 bits per heavy atom. The quantitative estimate of drug-likeness (QED) is 0.913. The average molecular weight is 259 g/mol. The minimum absolute atomic E-state index is 0.720. The lowest BCUT2D eigenvalue weighted by molar-refractivity contribution is 0.816. The first-order valence-corrected chi connectivity index (χ1v) is 6.77. The van der Waals surface area contributed by atoms with Crippen LogP contribution in [-0.4, -0.2) is 11.5 Å². The minimum Gasteiger partial charge on any atom is -0.330 e. The summed E-state index contributed by atoms with van der Waals surface area (Å²) in [5.74, 6) is 0. The molecule has 0 aromatic carbocycles. The number of aromatic nitrogens is 1. The lowest BCUT2D eigenvalue weighted by Gasteiger charge is -1.91. The van der Waals surface area contributed by atoms with Gasteiger partial charge in [-0.2, -0.15) is 0 Å². The highest BCUT2D eigenvalue weighted by molar-refractivity contribution is 7.23. The van der Waals surface area contributed by atoms with E-state index in [1.807, 2.05) is 12.1 Å². The van der Waals surface area contributed by atoms with Crippen LogP contribution in [0.1, 0.15) is 12.1 Å². The van der Waals surface area contributed by atoms with Crippen molar-refractivity contribution < 1.29 is 0 Å². The number of aryl methyl sites for hydroxylation is 1. The van der Waals surface area contributed by atoms with Crippen LogP contribution in [-0.2, 0) is 6.42 Å². The van der Waals surface area contributed by atoms with Gasteiger partial charge in [0.25, 0.3) is 0 Å². The van der Waals surface area contributed by atoms with Gasteiger partial charge in [0.1, 0.15) is 5.01 Å². The number of nitrogens with two attached hydrogens (primary N) is 1. The Kier molecular flexibility index (Phi) is 3.75. The molecule has 0 aliphatic carbocycles. The van der Waals surface area contributed by atoms with Crippen molar-refractivity contribution in [2.24, 2.45) is 5.73 Å². The summed E-state index contributed by atoms with van der Waals surface area (Å²) >= 11 is 9.11. The molecule has 2 heterocycles. The second kappa shape index (κ2) is 5.07. The van der Waals surface area contributed by atoms with Crippen molar-refractivity contribution in [2.45, 2.75) is 12.8 Å². The van der Waals surface area contributed by atoms with Crippen LogP contribution in [0.4, 0.5) is 0 Å². The third kappa shape index (κ3) is 2.78. The monoisotopic (exact) mass is 258 g/mol. The predicted octanol–water partition coefficient (Wildman–Crippen LogP) is 3.42. The zero-order valence-corrected chi connectivity index (χ0v) is 10.5. The van der Waals surface area contributed by atoms with Gasteiger partial charge in [-0.25, -0.2) is 4.98 Å². The highest BCUT2D eigenvalue weighted by atomic mass is 35.5. The van der Waals surface area contributed by atoms with Crippen LogP contribution in [0, 0.1) is 0 Å². The first-order chi connectivity index (χ1) is 7.29. The van der Waals surface area contributed by atoms with Gasteiger partial charge in [-0.1, -0.05) is 11.6 Å². The maximum atomic E-state index is 5.88. The topological polar surface area (TPSA) is 38.9 Å². The van der Waals surface area contributed by atoms with E-state index in [-0.39, 0.29) is 0 Å². The molecule has 2 aromatic heterocycles. The van der Waals surface area contributed by atoms with Gasteiger partial charge < -0.3 is 5.73 Å². The van der Waals surface area contributed by atoms with E-state index < -0.39 is 0 Å². The molecule has 0 atom stereocenters. The van der Waals surface area contributed by atoms with E-state index in [2.05, 4.69) is 10.4 Å². The Morgan fingerprint density at radius 3 is 2.93 bits per heavy atom. The highest BCUT2D eigenvalue weighted by Crippen LogP contribution is 2.32. The number of rotatable bonds is 4. The van der Waals surface area contributed by atoms with E-state index in [9.17, 15) is 0 Å². The SMILES string of the molecule is NCCCc1csc(-c2ccc(Cl)s2)n1. The zero-order valence-electron chi connectivity index (χ0n) is 8.07. The molecule has 0 bridgehead atoms. The third-order valence-corrected chi connectivity index (χ3v) is 4.26. The molecule has 2 nitrogen and oxygen atoms in total. The highest BCUT2D eigenvalue weighted by Gasteiger charge is 2.06. The number of hydrogen-bond acceptors (Lipinski definition) is 4. The van der Waals surface area contributed by atoms with Crippen LogP contribution < -0.4 is 5.73 Å². The molecule has 80 valence electrons. The molecule has 0 aliphatic rings. The van der Waals surface area contributed by atoms with E-state index in [1.54, 1.807) is 22.7 Å². The average Bonchev–Trinajstić information content (AvgIpc) is 2.83. The fraction of sp³-hybridized carbons (Fsp3) is 0.300. The lowest BCUT2D eigenvalue weighted by Crippen LogP contribution is -2.00. The Bertz CT molecular complexity index is 436. The van der Waals surface area contributed by atoms with E-state index >= 15 is 0 Å². The Hall–Kier alpha value is -0.420. The second-order valence-corrected chi connectivity index (χ2v) is 5.71. The smallest absolute Gasteiger partial charge is 0.133 e. The first kappa shape index (κ1) is 11.1. The Balaban J connectivity index is 2.13. The maximum absolute atomic E-state index is 5.88. The molecule has 2 rings (SSSR count). The summed E-state index contributed by atoms with van der Waals surface area (Å²) in [7, 11) is 0. The van der Waals surface area contributed by atoms with Crippen molar-refractivity contribution in [3.05, 3.63) is 27.5 Å². The van der Waals surface area contributed by atoms with Crippen LogP contribution in [0.5, 0.6) is 0 Å². The van der Waals surface area contributed by atoms with Crippen molar-refractivity contribution in [3.8, 4) is 9.88 Å². The summed E-state index contributed by atoms with van der Waals surface area (Å²) < 4.78 is 0.809. The molecule has 0 aliphatic heterocycles. The third-order valence-electron chi connectivity index (χ3n) is 1.97. The molecule has 0 radical (unpaired) electrons. The Labute approximate surface area is 102 Å². The van der Waals surface area contributed by atoms with Crippen LogP contribution in [0.15, 0.2) is 17.5 Å². The summed E-state index contributed by atoms with van der Waals surface area (Å²) in [6, 6.07) is 3.92. The minimum atomic E-state index is 0.720. The molecule has 0 fully saturated rings. The number of thiazole rings is 1. The maximum Gasteiger partial charge on any atom is 0.133 e. The van der Waals surface area contributed by atoms with E-state index in [0.717, 1.165) is 39.3 Å². The predicted molar refractivity (Wildman–Crippen MR) is 67.8 cm³/mol. The second-order valence-electron chi connectivity index (χ2n) is 3.14. The van der Waals surface area contributed by atoms with Gasteiger partial charge >= 0.3 is 0 Å². The molecule has 0 saturated carbocycles. The van der Waals surface area contributed by atoms with E-state index in [0.29, 0.717) is 0 Å². The van der Waals surface area contributed by atoms with E-state index in [1.165, 1.54) is 0 Å². The lowest BCUT2D eigenvalue weighted by atomic mass is 10.2. The summed E-state index contributed by atoms with van der Waals surface area (Å²) in [5, 5.41) is 3.15. The normalized spacial score (nSPS) is 10.8. The summed E-state index contributed by atoms with van der Waals surface area (Å²) in [6.07, 6.45) is 1.96. The van der Waals surface area contributed by atoms with Gasteiger partial charge in [-0.3, -0.25) is 0 Å². The molecule has 5 heteroatoms. The van der Waals surface area contributed by atoms with Crippen LogP contribution in [0.2, 0.25) is 4.34 Å². The number of hydrogen-bond donors (Lipinski definition) is 1. The van der Waals surface area contributed by atoms with E-state index in [4.69, 9.17) is 17.3 Å². The van der Waals surface area contributed by atoms with Gasteiger partial charge in [-0.05, 0) is 31.5 Å². The van der Waals surface area contributed by atoms with Crippen molar-refractivity contribution in [1.29, 1.82) is 0 Å². The molecule has 2 N–H and O–H groups in total. The fourth-order valence-corrected chi connectivity index (χ4v) is 3.22. The summed E-state index contributed by atoms with van der Waals surface area (Å²) in [4.78, 5) is 5.69. The molecule has 2 aromatic rings. The number of nitrogens with zero attached hydrogens (tertiary/aromatic N) is 1. The van der Waals surface area contributed by atoms with Gasteiger partial charge in [0.2, 0.25) is 0 Å². The number of halogens is 1. The molecule has 0 unspecified atom stereocenters. The fourth-order valence-electron chi connectivity index (χ4n) is 1.25. The molecule has 0 spiro atoms. The Morgan fingerprint density at radius 1 is 1.40 bits per heavy atom. The number of thiophene rings is 1. The molecular weight excluding hydrogens is 248 g/mol. The summed E-state index contributed by atoms with van der Waals surface area (Å²) in [5.41, 5.74) is 6.59. The largest absolute Gasteiger partial charge is 0.330 e. The van der Waals surface area contributed by atoms with Gasteiger partial charge in [0, 0.05) is 5.38 Å². The molecule has 0 saturated heterocycles. The van der Waals surface area contributed by atoms with Crippen LogP contribution in [0.3, 0.4) is 0 Å². The van der Waals surface area contributed by atoms with Crippen molar-refractivity contribution >= 4 is 34.3 Å². The molecule has 0 amide bonds.